The molecule has 0 aromatic heterocycles. The second-order valence-electron chi connectivity index (χ2n) is 3.67. The molecule has 0 amide bonds. The number of anilines is 1. The Morgan fingerprint density at radius 1 is 1.44 bits per heavy atom. The molecule has 0 aliphatic carbocycles. The minimum Gasteiger partial charge on any atom is -0.411 e. The van der Waals surface area contributed by atoms with Crippen LogP contribution < -0.4 is 4.90 Å². The van der Waals surface area contributed by atoms with Gasteiger partial charge >= 0.3 is 0 Å². The summed E-state index contributed by atoms with van der Waals surface area (Å²) in [7, 11) is 3.92. The van der Waals surface area contributed by atoms with Gasteiger partial charge in [-0.25, -0.2) is 0 Å². The second-order valence-corrected chi connectivity index (χ2v) is 4.08. The molecule has 0 spiro atoms. The first-order chi connectivity index (χ1) is 7.54. The lowest BCUT2D eigenvalue weighted by Crippen LogP contribution is -2.08. The summed E-state index contributed by atoms with van der Waals surface area (Å²) in [6.45, 7) is 1.71. The summed E-state index contributed by atoms with van der Waals surface area (Å²) in [6.07, 6.45) is 3.52. The molecule has 0 aliphatic heterocycles. The molecule has 3 nitrogen and oxygen atoms in total. The van der Waals surface area contributed by atoms with Gasteiger partial charge in [-0.1, -0.05) is 28.9 Å². The Balaban J connectivity index is 2.96. The molecule has 1 aromatic rings. The molecule has 86 valence electrons. The van der Waals surface area contributed by atoms with E-state index < -0.39 is 0 Å². The van der Waals surface area contributed by atoms with Crippen LogP contribution in [0.1, 0.15) is 12.5 Å². The van der Waals surface area contributed by atoms with Crippen LogP contribution in [0, 0.1) is 0 Å². The van der Waals surface area contributed by atoms with E-state index in [0.29, 0.717) is 10.7 Å². The van der Waals surface area contributed by atoms with Crippen molar-refractivity contribution in [2.75, 3.05) is 19.0 Å². The quantitative estimate of drug-likeness (QED) is 0.498. The maximum Gasteiger partial charge on any atom is 0.0765 e. The van der Waals surface area contributed by atoms with Gasteiger partial charge in [-0.3, -0.25) is 0 Å². The number of oxime groups is 1. The van der Waals surface area contributed by atoms with Crippen LogP contribution in [0.15, 0.2) is 29.4 Å². The highest BCUT2D eigenvalue weighted by atomic mass is 35.5. The van der Waals surface area contributed by atoms with Crippen LogP contribution in [0.4, 0.5) is 5.69 Å². The highest BCUT2D eigenvalue weighted by molar-refractivity contribution is 6.32. The molecular weight excluding hydrogens is 224 g/mol. The Kier molecular flexibility index (Phi) is 4.38. The van der Waals surface area contributed by atoms with Crippen molar-refractivity contribution >= 4 is 29.1 Å². The van der Waals surface area contributed by atoms with Crippen molar-refractivity contribution in [1.82, 2.24) is 0 Å². The maximum atomic E-state index is 8.50. The largest absolute Gasteiger partial charge is 0.411 e. The zero-order chi connectivity index (χ0) is 12.1. The maximum absolute atomic E-state index is 8.50. The van der Waals surface area contributed by atoms with Gasteiger partial charge in [0.1, 0.15) is 0 Å². The van der Waals surface area contributed by atoms with Gasteiger partial charge in [0.15, 0.2) is 0 Å². The van der Waals surface area contributed by atoms with E-state index in [9.17, 15) is 0 Å². The lowest BCUT2D eigenvalue weighted by molar-refractivity contribution is 0.319. The molecule has 0 bridgehead atoms. The highest BCUT2D eigenvalue weighted by Crippen LogP contribution is 2.23. The minimum atomic E-state index is 0.535. The van der Waals surface area contributed by atoms with E-state index in [-0.39, 0.29) is 0 Å². The topological polar surface area (TPSA) is 35.8 Å². The molecule has 1 aromatic carbocycles. The summed E-state index contributed by atoms with van der Waals surface area (Å²) in [6, 6.07) is 5.81. The summed E-state index contributed by atoms with van der Waals surface area (Å²) in [5.41, 5.74) is 2.48. The zero-order valence-corrected chi connectivity index (χ0v) is 10.4. The molecule has 0 saturated heterocycles. The van der Waals surface area contributed by atoms with Crippen LogP contribution in [-0.2, 0) is 0 Å². The van der Waals surface area contributed by atoms with Crippen LogP contribution in [0.25, 0.3) is 6.08 Å². The van der Waals surface area contributed by atoms with Crippen LogP contribution in [0.5, 0.6) is 0 Å². The third kappa shape index (κ3) is 3.28. The van der Waals surface area contributed by atoms with Gasteiger partial charge in [-0.05, 0) is 30.7 Å². The third-order valence-electron chi connectivity index (χ3n) is 2.16. The van der Waals surface area contributed by atoms with Gasteiger partial charge in [0.25, 0.3) is 0 Å². The lowest BCUT2D eigenvalue weighted by atomic mass is 10.1. The van der Waals surface area contributed by atoms with E-state index in [4.69, 9.17) is 16.8 Å². The predicted octanol–water partition coefficient (Wildman–Crippen LogP) is 3.27. The van der Waals surface area contributed by atoms with Crippen molar-refractivity contribution in [3.8, 4) is 0 Å². The molecule has 0 unspecified atom stereocenters. The molecule has 4 heteroatoms. The van der Waals surface area contributed by atoms with Crippen LogP contribution >= 0.6 is 11.6 Å². The number of rotatable bonds is 3. The van der Waals surface area contributed by atoms with Crippen LogP contribution in [0.3, 0.4) is 0 Å². The SMILES string of the molecule is CC(C=Cc1ccc(N(C)C)cc1Cl)=NO. The molecule has 1 rings (SSSR count). The third-order valence-corrected chi connectivity index (χ3v) is 2.49. The van der Waals surface area contributed by atoms with Crippen molar-refractivity contribution in [2.45, 2.75) is 6.92 Å². The molecule has 1 N–H and O–H groups in total. The first-order valence-electron chi connectivity index (χ1n) is 4.88. The number of benzene rings is 1. The van der Waals surface area contributed by atoms with E-state index in [0.717, 1.165) is 11.3 Å². The number of nitrogens with zero attached hydrogens (tertiary/aromatic N) is 2. The monoisotopic (exact) mass is 238 g/mol. The number of hydrogen-bond donors (Lipinski definition) is 1. The molecule has 0 heterocycles. The summed E-state index contributed by atoms with van der Waals surface area (Å²) < 4.78 is 0. The molecule has 0 fully saturated rings. The van der Waals surface area contributed by atoms with Gasteiger partial charge in [-0.15, -0.1) is 0 Å². The summed E-state index contributed by atoms with van der Waals surface area (Å²) in [4.78, 5) is 1.99. The summed E-state index contributed by atoms with van der Waals surface area (Å²) in [5, 5.41) is 12.2. The van der Waals surface area contributed by atoms with Gasteiger partial charge in [0, 0.05) is 24.8 Å². The molecule has 0 saturated carbocycles. The Bertz CT molecular complexity index is 425. The van der Waals surface area contributed by atoms with Crippen molar-refractivity contribution in [1.29, 1.82) is 0 Å². The predicted molar refractivity (Wildman–Crippen MR) is 69.7 cm³/mol. The fourth-order valence-corrected chi connectivity index (χ4v) is 1.41. The lowest BCUT2D eigenvalue weighted by Gasteiger charge is -2.13. The molecule has 0 radical (unpaired) electrons. The Hall–Kier alpha value is -1.48. The summed E-state index contributed by atoms with van der Waals surface area (Å²) in [5.74, 6) is 0. The zero-order valence-electron chi connectivity index (χ0n) is 9.61. The average Bonchev–Trinajstić information content (AvgIpc) is 2.26. The van der Waals surface area contributed by atoms with Crippen molar-refractivity contribution in [3.05, 3.63) is 34.9 Å². The fourth-order valence-electron chi connectivity index (χ4n) is 1.17. The van der Waals surface area contributed by atoms with Gasteiger partial charge < -0.3 is 10.1 Å². The van der Waals surface area contributed by atoms with Crippen LogP contribution in [-0.4, -0.2) is 25.0 Å². The Labute approximate surface area is 101 Å². The summed E-state index contributed by atoms with van der Waals surface area (Å²) >= 11 is 6.12. The van der Waals surface area contributed by atoms with Crippen molar-refractivity contribution < 1.29 is 5.21 Å². The smallest absolute Gasteiger partial charge is 0.0765 e. The molecule has 0 atom stereocenters. The Morgan fingerprint density at radius 2 is 2.12 bits per heavy atom. The standard InChI is InChI=1S/C12H15ClN2O/c1-9(14-16)4-5-10-6-7-11(15(2)3)8-12(10)13/h4-8,16H,1-3H3. The van der Waals surface area contributed by atoms with Gasteiger partial charge in [-0.2, -0.15) is 0 Å². The minimum absolute atomic E-state index is 0.535. The van der Waals surface area contributed by atoms with E-state index in [2.05, 4.69) is 5.16 Å². The van der Waals surface area contributed by atoms with Crippen LogP contribution in [0.2, 0.25) is 5.02 Å². The average molecular weight is 239 g/mol. The van der Waals surface area contributed by atoms with E-state index in [1.807, 2.05) is 43.3 Å². The van der Waals surface area contributed by atoms with E-state index >= 15 is 0 Å². The van der Waals surface area contributed by atoms with E-state index in [1.165, 1.54) is 0 Å². The molecule has 16 heavy (non-hydrogen) atoms. The fraction of sp³-hybridized carbons (Fsp3) is 0.250. The molecule has 0 aliphatic rings. The molecular formula is C12H15ClN2O. The van der Waals surface area contributed by atoms with Gasteiger partial charge in [0.05, 0.1) is 5.71 Å². The Morgan fingerprint density at radius 3 is 2.62 bits per heavy atom. The number of hydrogen-bond acceptors (Lipinski definition) is 3. The van der Waals surface area contributed by atoms with Crippen molar-refractivity contribution in [3.63, 3.8) is 0 Å². The first-order valence-corrected chi connectivity index (χ1v) is 5.26. The van der Waals surface area contributed by atoms with Gasteiger partial charge in [0.2, 0.25) is 0 Å². The number of halogens is 1. The normalized spacial score (nSPS) is 12.1. The second kappa shape index (κ2) is 5.56. The van der Waals surface area contributed by atoms with Crippen molar-refractivity contribution in [2.24, 2.45) is 5.16 Å². The van der Waals surface area contributed by atoms with E-state index in [1.54, 1.807) is 13.0 Å². The highest BCUT2D eigenvalue weighted by Gasteiger charge is 2.00. The first kappa shape index (κ1) is 12.6. The number of allylic oxidation sites excluding steroid dienone is 1.